The maximum Gasteiger partial charge on any atom is 0.138 e. The van der Waals surface area contributed by atoms with Crippen LogP contribution in [0.25, 0.3) is 0 Å². The van der Waals surface area contributed by atoms with E-state index >= 15 is 0 Å². The third kappa shape index (κ3) is 2.48. The molecule has 1 saturated heterocycles. The Labute approximate surface area is 118 Å². The molecule has 3 rings (SSSR count). The summed E-state index contributed by atoms with van der Waals surface area (Å²) in [6, 6.07) is 7.24. The molecule has 0 bridgehead atoms. The van der Waals surface area contributed by atoms with Crippen molar-refractivity contribution in [3.8, 4) is 0 Å². The van der Waals surface area contributed by atoms with Crippen molar-refractivity contribution in [2.75, 3.05) is 6.54 Å². The third-order valence-corrected chi connectivity index (χ3v) is 4.16. The van der Waals surface area contributed by atoms with Crippen LogP contribution in [0.4, 0.5) is 4.39 Å². The van der Waals surface area contributed by atoms with E-state index in [9.17, 15) is 4.39 Å². The minimum absolute atomic E-state index is 0.177. The highest BCUT2D eigenvalue weighted by molar-refractivity contribution is 5.24. The molecule has 106 valence electrons. The van der Waals surface area contributed by atoms with Gasteiger partial charge in [-0.25, -0.2) is 4.39 Å². The fraction of sp³-hybridized carbons (Fsp3) is 0.438. The molecule has 0 unspecified atom stereocenters. The van der Waals surface area contributed by atoms with Gasteiger partial charge >= 0.3 is 0 Å². The molecule has 3 nitrogen and oxygen atoms in total. The van der Waals surface area contributed by atoms with Gasteiger partial charge in [0.05, 0.1) is 5.69 Å². The number of benzene rings is 1. The standard InChI is InChI=1S/C16H19FN2O/c1-11-15(12(2)20-18-11)10-19-9-3-4-16(19)13-5-7-14(17)8-6-13/h5-8,16H,3-4,9-10H2,1-2H3/t16-/m1/s1. The topological polar surface area (TPSA) is 29.3 Å². The first-order valence-electron chi connectivity index (χ1n) is 7.06. The van der Waals surface area contributed by atoms with Crippen molar-refractivity contribution in [3.05, 3.63) is 52.7 Å². The summed E-state index contributed by atoms with van der Waals surface area (Å²) in [5, 5.41) is 4.02. The molecule has 0 radical (unpaired) electrons. The van der Waals surface area contributed by atoms with Gasteiger partial charge in [0.25, 0.3) is 0 Å². The maximum absolute atomic E-state index is 13.0. The van der Waals surface area contributed by atoms with Crippen LogP contribution in [0.3, 0.4) is 0 Å². The molecule has 2 aromatic rings. The van der Waals surface area contributed by atoms with Crippen molar-refractivity contribution < 1.29 is 8.91 Å². The zero-order valence-electron chi connectivity index (χ0n) is 11.9. The van der Waals surface area contributed by atoms with Crippen LogP contribution in [0.5, 0.6) is 0 Å². The first kappa shape index (κ1) is 13.3. The number of nitrogens with zero attached hydrogens (tertiary/aromatic N) is 2. The van der Waals surface area contributed by atoms with Crippen LogP contribution >= 0.6 is 0 Å². The van der Waals surface area contributed by atoms with Crippen molar-refractivity contribution in [2.45, 2.75) is 39.3 Å². The Bertz CT molecular complexity index is 572. The number of aromatic nitrogens is 1. The molecule has 0 amide bonds. The molecule has 1 aliphatic heterocycles. The lowest BCUT2D eigenvalue weighted by molar-refractivity contribution is 0.246. The lowest BCUT2D eigenvalue weighted by atomic mass is 10.0. The molecule has 0 spiro atoms. The minimum Gasteiger partial charge on any atom is -0.361 e. The van der Waals surface area contributed by atoms with E-state index in [-0.39, 0.29) is 5.82 Å². The van der Waals surface area contributed by atoms with E-state index in [2.05, 4.69) is 10.1 Å². The summed E-state index contributed by atoms with van der Waals surface area (Å²) >= 11 is 0. The highest BCUT2D eigenvalue weighted by Gasteiger charge is 2.27. The summed E-state index contributed by atoms with van der Waals surface area (Å²) in [6.45, 7) is 5.85. The largest absolute Gasteiger partial charge is 0.361 e. The first-order chi connectivity index (χ1) is 9.65. The molecule has 1 aliphatic rings. The Morgan fingerprint density at radius 3 is 2.70 bits per heavy atom. The molecule has 1 fully saturated rings. The minimum atomic E-state index is -0.177. The van der Waals surface area contributed by atoms with Gasteiger partial charge in [-0.05, 0) is 50.9 Å². The van der Waals surface area contributed by atoms with E-state index in [1.54, 1.807) is 12.1 Å². The SMILES string of the molecule is Cc1noc(C)c1CN1CCC[C@@H]1c1ccc(F)cc1. The van der Waals surface area contributed by atoms with Crippen molar-refractivity contribution in [3.63, 3.8) is 0 Å². The molecule has 20 heavy (non-hydrogen) atoms. The second-order valence-corrected chi connectivity index (χ2v) is 5.48. The molecule has 2 heterocycles. The van der Waals surface area contributed by atoms with Crippen LogP contribution in [0.1, 0.15) is 41.5 Å². The highest BCUT2D eigenvalue weighted by Crippen LogP contribution is 2.34. The van der Waals surface area contributed by atoms with Crippen molar-refractivity contribution in [1.29, 1.82) is 0 Å². The fourth-order valence-electron chi connectivity index (χ4n) is 3.01. The van der Waals surface area contributed by atoms with Gasteiger partial charge in [0.2, 0.25) is 0 Å². The van der Waals surface area contributed by atoms with Gasteiger partial charge in [-0.15, -0.1) is 0 Å². The summed E-state index contributed by atoms with van der Waals surface area (Å²) in [4.78, 5) is 2.43. The molecule has 0 N–H and O–H groups in total. The van der Waals surface area contributed by atoms with E-state index in [1.807, 2.05) is 26.0 Å². The lowest BCUT2D eigenvalue weighted by Gasteiger charge is -2.24. The summed E-state index contributed by atoms with van der Waals surface area (Å²) < 4.78 is 18.3. The zero-order chi connectivity index (χ0) is 14.1. The van der Waals surface area contributed by atoms with E-state index in [0.29, 0.717) is 6.04 Å². The van der Waals surface area contributed by atoms with Crippen LogP contribution in [-0.4, -0.2) is 16.6 Å². The van der Waals surface area contributed by atoms with Gasteiger partial charge < -0.3 is 4.52 Å². The molecular weight excluding hydrogens is 255 g/mol. The number of halogens is 1. The predicted molar refractivity (Wildman–Crippen MR) is 74.8 cm³/mol. The van der Waals surface area contributed by atoms with E-state index in [4.69, 9.17) is 4.52 Å². The summed E-state index contributed by atoms with van der Waals surface area (Å²) in [5.74, 6) is 0.719. The highest BCUT2D eigenvalue weighted by atomic mass is 19.1. The predicted octanol–water partition coefficient (Wildman–Crippen LogP) is 3.77. The molecule has 4 heteroatoms. The van der Waals surface area contributed by atoms with Crippen molar-refractivity contribution >= 4 is 0 Å². The second kappa shape index (κ2) is 5.37. The van der Waals surface area contributed by atoms with Crippen LogP contribution in [-0.2, 0) is 6.54 Å². The second-order valence-electron chi connectivity index (χ2n) is 5.48. The van der Waals surface area contributed by atoms with E-state index in [0.717, 1.165) is 31.0 Å². The summed E-state index contributed by atoms with van der Waals surface area (Å²) in [5.41, 5.74) is 3.34. The zero-order valence-corrected chi connectivity index (χ0v) is 11.9. The third-order valence-electron chi connectivity index (χ3n) is 4.16. The molecule has 0 aliphatic carbocycles. The maximum atomic E-state index is 13.0. The Morgan fingerprint density at radius 1 is 1.30 bits per heavy atom. The monoisotopic (exact) mass is 274 g/mol. The quantitative estimate of drug-likeness (QED) is 0.853. The van der Waals surface area contributed by atoms with Gasteiger partial charge in [-0.1, -0.05) is 17.3 Å². The average molecular weight is 274 g/mol. The smallest absolute Gasteiger partial charge is 0.138 e. The molecule has 0 saturated carbocycles. The number of rotatable bonds is 3. The number of hydrogen-bond acceptors (Lipinski definition) is 3. The normalized spacial score (nSPS) is 19.6. The van der Waals surface area contributed by atoms with Crippen molar-refractivity contribution in [2.24, 2.45) is 0 Å². The van der Waals surface area contributed by atoms with Crippen LogP contribution in [0.15, 0.2) is 28.8 Å². The molecular formula is C16H19FN2O. The van der Waals surface area contributed by atoms with Crippen LogP contribution in [0.2, 0.25) is 0 Å². The Hall–Kier alpha value is -1.68. The molecule has 1 atom stereocenters. The molecule has 1 aromatic carbocycles. The Morgan fingerprint density at radius 2 is 2.05 bits per heavy atom. The number of aryl methyl sites for hydroxylation is 2. The fourth-order valence-corrected chi connectivity index (χ4v) is 3.01. The average Bonchev–Trinajstić information content (AvgIpc) is 3.02. The summed E-state index contributed by atoms with van der Waals surface area (Å²) in [7, 11) is 0. The van der Waals surface area contributed by atoms with Crippen molar-refractivity contribution in [1.82, 2.24) is 10.1 Å². The first-order valence-corrected chi connectivity index (χ1v) is 7.06. The van der Waals surface area contributed by atoms with Gasteiger partial charge in [0.1, 0.15) is 11.6 Å². The lowest BCUT2D eigenvalue weighted by Crippen LogP contribution is -2.23. The summed E-state index contributed by atoms with van der Waals surface area (Å²) in [6.07, 6.45) is 2.29. The Kier molecular flexibility index (Phi) is 3.57. The van der Waals surface area contributed by atoms with Gasteiger partial charge in [0, 0.05) is 18.2 Å². The van der Waals surface area contributed by atoms with Crippen LogP contribution in [0, 0.1) is 19.7 Å². The van der Waals surface area contributed by atoms with Gasteiger partial charge in [-0.2, -0.15) is 0 Å². The van der Waals surface area contributed by atoms with Gasteiger partial charge in [0.15, 0.2) is 0 Å². The molecule has 1 aromatic heterocycles. The van der Waals surface area contributed by atoms with E-state index in [1.165, 1.54) is 17.5 Å². The van der Waals surface area contributed by atoms with Gasteiger partial charge in [-0.3, -0.25) is 4.90 Å². The Balaban J connectivity index is 1.81. The number of likely N-dealkylation sites (tertiary alicyclic amines) is 1. The van der Waals surface area contributed by atoms with E-state index < -0.39 is 0 Å². The van der Waals surface area contributed by atoms with Crippen LogP contribution < -0.4 is 0 Å². The number of hydrogen-bond donors (Lipinski definition) is 0.